The van der Waals surface area contributed by atoms with Crippen molar-refractivity contribution in [2.24, 2.45) is 10.9 Å². The lowest BCUT2D eigenvalue weighted by Gasteiger charge is -2.31. The van der Waals surface area contributed by atoms with Crippen molar-refractivity contribution in [3.63, 3.8) is 0 Å². The lowest BCUT2D eigenvalue weighted by atomic mass is 10.0. The maximum absolute atomic E-state index is 13.9. The number of hydrogen-bond acceptors (Lipinski definition) is 4. The van der Waals surface area contributed by atoms with Crippen molar-refractivity contribution in [3.05, 3.63) is 59.3 Å². The Morgan fingerprint density at radius 1 is 1.31 bits per heavy atom. The highest BCUT2D eigenvalue weighted by Crippen LogP contribution is 2.25. The Hall–Kier alpha value is -2.14. The molecule has 1 N–H and O–H groups in total. The Morgan fingerprint density at radius 2 is 2.10 bits per heavy atom. The zero-order chi connectivity index (χ0) is 20.8. The average Bonchev–Trinajstić information content (AvgIpc) is 3.51. The van der Waals surface area contributed by atoms with Gasteiger partial charge in [0.2, 0.25) is 5.90 Å². The number of nitrogens with zero attached hydrogens (tertiary/aromatic N) is 2. The minimum atomic E-state index is -0.226. The highest BCUT2D eigenvalue weighted by atomic mass is 19.1. The molecule has 1 saturated heterocycles. The number of ether oxygens (including phenoxy) is 1. The predicted octanol–water partition coefficient (Wildman–Crippen LogP) is 5.68. The van der Waals surface area contributed by atoms with Crippen LogP contribution in [-0.2, 0) is 11.3 Å². The van der Waals surface area contributed by atoms with Gasteiger partial charge >= 0.3 is 0 Å². The third kappa shape index (κ3) is 6.43. The molecule has 2 aliphatic rings. The average molecular weight is 400 g/mol. The van der Waals surface area contributed by atoms with Crippen molar-refractivity contribution in [1.29, 1.82) is 0 Å². The predicted molar refractivity (Wildman–Crippen MR) is 117 cm³/mol. The first-order valence-corrected chi connectivity index (χ1v) is 10.8. The SMILES string of the molecule is C=C1N=C(OCc2cc(F)cc(C3CN3)c2)C=C(C)N1CC(C)CCCCCC. The molecule has 29 heavy (non-hydrogen) atoms. The van der Waals surface area contributed by atoms with E-state index in [1.807, 2.05) is 12.1 Å². The number of aliphatic imine (C=N–C) groups is 1. The van der Waals surface area contributed by atoms with E-state index >= 15 is 0 Å². The molecule has 4 nitrogen and oxygen atoms in total. The number of unbranched alkanes of at least 4 members (excludes halogenated alkanes) is 3. The van der Waals surface area contributed by atoms with Gasteiger partial charge in [0.25, 0.3) is 0 Å². The first kappa shape index (κ1) is 21.6. The van der Waals surface area contributed by atoms with E-state index in [-0.39, 0.29) is 11.9 Å². The Bertz CT molecular complexity index is 782. The van der Waals surface area contributed by atoms with Crippen LogP contribution in [0.1, 0.15) is 70.0 Å². The van der Waals surface area contributed by atoms with Crippen LogP contribution in [0.2, 0.25) is 0 Å². The number of allylic oxidation sites excluding steroid dienone is 1. The Balaban J connectivity index is 1.52. The Labute approximate surface area is 174 Å². The van der Waals surface area contributed by atoms with E-state index in [4.69, 9.17) is 4.74 Å². The van der Waals surface area contributed by atoms with Crippen LogP contribution in [0.25, 0.3) is 0 Å². The van der Waals surface area contributed by atoms with E-state index in [2.05, 4.69) is 42.6 Å². The molecular weight excluding hydrogens is 365 g/mol. The lowest BCUT2D eigenvalue weighted by molar-refractivity contribution is 0.281. The zero-order valence-corrected chi connectivity index (χ0v) is 18.0. The summed E-state index contributed by atoms with van der Waals surface area (Å²) >= 11 is 0. The highest BCUT2D eigenvalue weighted by molar-refractivity contribution is 5.90. The van der Waals surface area contributed by atoms with Crippen LogP contribution in [0.5, 0.6) is 0 Å². The lowest BCUT2D eigenvalue weighted by Crippen LogP contribution is -2.29. The first-order chi connectivity index (χ1) is 14.0. The van der Waals surface area contributed by atoms with Gasteiger partial charge in [-0.2, -0.15) is 4.99 Å². The van der Waals surface area contributed by atoms with Crippen molar-refractivity contribution in [2.45, 2.75) is 65.5 Å². The van der Waals surface area contributed by atoms with E-state index in [0.29, 0.717) is 24.2 Å². The topological polar surface area (TPSA) is 46.8 Å². The largest absolute Gasteiger partial charge is 0.473 e. The second-order valence-corrected chi connectivity index (χ2v) is 8.36. The van der Waals surface area contributed by atoms with Gasteiger partial charge in [0.15, 0.2) is 0 Å². The Morgan fingerprint density at radius 3 is 2.79 bits per heavy atom. The van der Waals surface area contributed by atoms with Crippen LogP contribution < -0.4 is 5.32 Å². The van der Waals surface area contributed by atoms with Crippen molar-refractivity contribution < 1.29 is 9.13 Å². The van der Waals surface area contributed by atoms with Gasteiger partial charge in [-0.3, -0.25) is 0 Å². The first-order valence-electron chi connectivity index (χ1n) is 10.8. The third-order valence-corrected chi connectivity index (χ3v) is 5.53. The summed E-state index contributed by atoms with van der Waals surface area (Å²) in [5, 5.41) is 3.20. The van der Waals surface area contributed by atoms with Crippen LogP contribution in [0, 0.1) is 11.7 Å². The molecule has 2 atom stereocenters. The zero-order valence-electron chi connectivity index (χ0n) is 18.0. The van der Waals surface area contributed by atoms with Crippen molar-refractivity contribution in [1.82, 2.24) is 10.2 Å². The van der Waals surface area contributed by atoms with E-state index in [1.54, 1.807) is 6.07 Å². The summed E-state index contributed by atoms with van der Waals surface area (Å²) in [6, 6.07) is 5.37. The van der Waals surface area contributed by atoms with E-state index in [1.165, 1.54) is 38.2 Å². The molecule has 0 spiro atoms. The third-order valence-electron chi connectivity index (χ3n) is 5.53. The molecule has 1 aromatic carbocycles. The summed E-state index contributed by atoms with van der Waals surface area (Å²) in [6.45, 7) is 12.8. The second kappa shape index (κ2) is 10.1. The van der Waals surface area contributed by atoms with E-state index < -0.39 is 0 Å². The molecule has 2 aliphatic heterocycles. The van der Waals surface area contributed by atoms with Gasteiger partial charge in [-0.1, -0.05) is 52.2 Å². The quantitative estimate of drug-likeness (QED) is 0.406. The molecule has 0 aliphatic carbocycles. The summed E-state index contributed by atoms with van der Waals surface area (Å²) < 4.78 is 19.7. The molecule has 3 rings (SSSR count). The van der Waals surface area contributed by atoms with Gasteiger partial charge < -0.3 is 15.0 Å². The summed E-state index contributed by atoms with van der Waals surface area (Å²) in [6.07, 6.45) is 8.35. The van der Waals surface area contributed by atoms with E-state index in [0.717, 1.165) is 29.9 Å². The molecule has 0 radical (unpaired) electrons. The summed E-state index contributed by atoms with van der Waals surface area (Å²) in [4.78, 5) is 6.69. The number of halogens is 1. The summed E-state index contributed by atoms with van der Waals surface area (Å²) in [7, 11) is 0. The molecule has 1 fully saturated rings. The number of benzene rings is 1. The van der Waals surface area contributed by atoms with Gasteiger partial charge in [-0.25, -0.2) is 4.39 Å². The molecule has 2 heterocycles. The molecule has 0 bridgehead atoms. The van der Waals surface area contributed by atoms with Crippen molar-refractivity contribution >= 4 is 5.90 Å². The number of hydrogen-bond donors (Lipinski definition) is 1. The van der Waals surface area contributed by atoms with Crippen molar-refractivity contribution in [3.8, 4) is 0 Å². The molecular formula is C24H34FN3O. The number of nitrogens with one attached hydrogen (secondary N) is 1. The normalized spacial score (nSPS) is 19.7. The molecule has 2 unspecified atom stereocenters. The minimum absolute atomic E-state index is 0.226. The van der Waals surface area contributed by atoms with Crippen LogP contribution in [0.15, 0.2) is 47.4 Å². The van der Waals surface area contributed by atoms with Crippen LogP contribution >= 0.6 is 0 Å². The van der Waals surface area contributed by atoms with Crippen molar-refractivity contribution in [2.75, 3.05) is 13.1 Å². The summed E-state index contributed by atoms with van der Waals surface area (Å²) in [5.41, 5.74) is 2.88. The fourth-order valence-electron chi connectivity index (χ4n) is 3.74. The minimum Gasteiger partial charge on any atom is -0.473 e. The standard InChI is InChI=1S/C24H34FN3O/c1-5-6-7-8-9-17(2)15-28-18(3)10-24(27-19(28)4)29-16-20-11-21(23-14-26-23)13-22(25)12-20/h10-13,17,23,26H,4-9,14-16H2,1-3H3. The van der Waals surface area contributed by atoms with Gasteiger partial charge in [0, 0.05) is 30.9 Å². The maximum Gasteiger partial charge on any atom is 0.217 e. The summed E-state index contributed by atoms with van der Waals surface area (Å²) in [5.74, 6) is 1.61. The van der Waals surface area contributed by atoms with Gasteiger partial charge in [0.05, 0.1) is 0 Å². The van der Waals surface area contributed by atoms with Gasteiger partial charge in [-0.15, -0.1) is 0 Å². The molecule has 1 aromatic rings. The van der Waals surface area contributed by atoms with Crippen LogP contribution in [-0.4, -0.2) is 23.9 Å². The smallest absolute Gasteiger partial charge is 0.217 e. The van der Waals surface area contributed by atoms with Crippen LogP contribution in [0.3, 0.4) is 0 Å². The Kier molecular flexibility index (Phi) is 7.48. The molecule has 0 aromatic heterocycles. The van der Waals surface area contributed by atoms with Gasteiger partial charge in [0.1, 0.15) is 18.2 Å². The molecule has 0 amide bonds. The molecule has 158 valence electrons. The maximum atomic E-state index is 13.9. The monoisotopic (exact) mass is 399 g/mol. The molecule has 0 saturated carbocycles. The molecule has 5 heteroatoms. The second-order valence-electron chi connectivity index (χ2n) is 8.36. The van der Waals surface area contributed by atoms with E-state index in [9.17, 15) is 4.39 Å². The van der Waals surface area contributed by atoms with Crippen LogP contribution in [0.4, 0.5) is 4.39 Å². The highest BCUT2D eigenvalue weighted by Gasteiger charge is 2.23. The van der Waals surface area contributed by atoms with Gasteiger partial charge in [-0.05, 0) is 42.5 Å². The fraction of sp³-hybridized carbons (Fsp3) is 0.542. The fourth-order valence-corrected chi connectivity index (χ4v) is 3.74. The number of rotatable bonds is 10.